The molecule has 0 saturated heterocycles. The van der Waals surface area contributed by atoms with Crippen molar-refractivity contribution >= 4 is 11.9 Å². The van der Waals surface area contributed by atoms with Crippen molar-refractivity contribution in [1.29, 1.82) is 0 Å². The Morgan fingerprint density at radius 1 is 1.08 bits per heavy atom. The molecule has 5 nitrogen and oxygen atoms in total. The second-order valence-corrected chi connectivity index (χ2v) is 6.50. The van der Waals surface area contributed by atoms with Crippen molar-refractivity contribution in [2.75, 3.05) is 13.6 Å². The number of amides is 3. The Hall–Kier alpha value is -3.15. The van der Waals surface area contributed by atoms with Gasteiger partial charge in [-0.15, -0.1) is 0 Å². The van der Waals surface area contributed by atoms with Crippen LogP contribution in [0.3, 0.4) is 0 Å². The third kappa shape index (κ3) is 2.73. The Kier molecular flexibility index (Phi) is 3.95. The highest BCUT2D eigenvalue weighted by Gasteiger charge is 2.42. The Morgan fingerprint density at radius 3 is 2.46 bits per heavy atom. The second kappa shape index (κ2) is 6.29. The van der Waals surface area contributed by atoms with Crippen LogP contribution in [0.2, 0.25) is 0 Å². The summed E-state index contributed by atoms with van der Waals surface area (Å²) in [5, 5.41) is 2.85. The fraction of sp³-hybridized carbons (Fsp3) is 0.200. The van der Waals surface area contributed by atoms with Gasteiger partial charge in [0, 0.05) is 13.6 Å². The third-order valence-electron chi connectivity index (χ3n) is 4.85. The summed E-state index contributed by atoms with van der Waals surface area (Å²) in [6.07, 6.45) is 0. The van der Waals surface area contributed by atoms with E-state index in [1.165, 1.54) is 17.0 Å². The minimum atomic E-state index is -0.567. The van der Waals surface area contributed by atoms with Crippen molar-refractivity contribution in [2.45, 2.75) is 12.6 Å². The molecule has 2 heterocycles. The monoisotopic (exact) mass is 351 g/mol. The summed E-state index contributed by atoms with van der Waals surface area (Å²) in [5.74, 6) is -0.462. The number of benzene rings is 2. The van der Waals surface area contributed by atoms with Crippen molar-refractivity contribution in [1.82, 2.24) is 15.1 Å². The summed E-state index contributed by atoms with van der Waals surface area (Å²) < 4.78 is 13.3. The standard InChI is InChI=1S/C20H18FN3O2/c1-23-16-12-24(11-13-5-3-2-4-6-13)19(25)17(16)18(22-20(23)26)14-7-9-15(21)10-8-14/h2-10,18H,11-12H2,1H3,(H,22,26)/t18-/m1/s1. The van der Waals surface area contributed by atoms with Gasteiger partial charge in [-0.05, 0) is 23.3 Å². The highest BCUT2D eigenvalue weighted by Crippen LogP contribution is 2.36. The van der Waals surface area contributed by atoms with Crippen LogP contribution >= 0.6 is 0 Å². The molecule has 0 bridgehead atoms. The van der Waals surface area contributed by atoms with Gasteiger partial charge in [0.05, 0.1) is 23.9 Å². The summed E-state index contributed by atoms with van der Waals surface area (Å²) in [5.41, 5.74) is 2.97. The van der Waals surface area contributed by atoms with E-state index in [1.54, 1.807) is 24.1 Å². The molecular formula is C20H18FN3O2. The smallest absolute Gasteiger partial charge is 0.322 e. The van der Waals surface area contributed by atoms with Gasteiger partial charge < -0.3 is 10.2 Å². The van der Waals surface area contributed by atoms with E-state index in [4.69, 9.17) is 0 Å². The number of carbonyl (C=O) groups is 2. The largest absolute Gasteiger partial charge is 0.329 e. The van der Waals surface area contributed by atoms with Crippen LogP contribution in [0.5, 0.6) is 0 Å². The lowest BCUT2D eigenvalue weighted by Gasteiger charge is -2.31. The van der Waals surface area contributed by atoms with Crippen LogP contribution in [0.4, 0.5) is 9.18 Å². The van der Waals surface area contributed by atoms with E-state index >= 15 is 0 Å². The van der Waals surface area contributed by atoms with Gasteiger partial charge in [-0.1, -0.05) is 42.5 Å². The maximum absolute atomic E-state index is 13.3. The molecule has 0 spiro atoms. The van der Waals surface area contributed by atoms with Gasteiger partial charge in [-0.2, -0.15) is 0 Å². The van der Waals surface area contributed by atoms with Crippen LogP contribution in [0.1, 0.15) is 17.2 Å². The normalized spacial score (nSPS) is 19.7. The van der Waals surface area contributed by atoms with Gasteiger partial charge in [0.15, 0.2) is 0 Å². The second-order valence-electron chi connectivity index (χ2n) is 6.50. The first-order valence-electron chi connectivity index (χ1n) is 8.40. The van der Waals surface area contributed by atoms with Gasteiger partial charge in [-0.25, -0.2) is 9.18 Å². The average molecular weight is 351 g/mol. The van der Waals surface area contributed by atoms with E-state index < -0.39 is 6.04 Å². The number of likely N-dealkylation sites (N-methyl/N-ethyl adjacent to an activating group) is 1. The third-order valence-corrected chi connectivity index (χ3v) is 4.85. The van der Waals surface area contributed by atoms with Crippen molar-refractivity contribution in [3.8, 4) is 0 Å². The molecule has 0 aliphatic carbocycles. The number of nitrogens with one attached hydrogen (secondary N) is 1. The number of carbonyl (C=O) groups excluding carboxylic acids is 2. The maximum Gasteiger partial charge on any atom is 0.322 e. The first-order valence-corrected chi connectivity index (χ1v) is 8.40. The fourth-order valence-corrected chi connectivity index (χ4v) is 3.46. The van der Waals surface area contributed by atoms with Crippen LogP contribution in [-0.2, 0) is 11.3 Å². The average Bonchev–Trinajstić information content (AvgIpc) is 2.97. The minimum Gasteiger partial charge on any atom is -0.329 e. The van der Waals surface area contributed by atoms with Crippen molar-refractivity contribution in [2.24, 2.45) is 0 Å². The number of hydrogen-bond acceptors (Lipinski definition) is 2. The molecule has 3 amide bonds. The fourth-order valence-electron chi connectivity index (χ4n) is 3.46. The van der Waals surface area contributed by atoms with E-state index in [-0.39, 0.29) is 17.8 Å². The maximum atomic E-state index is 13.3. The summed E-state index contributed by atoms with van der Waals surface area (Å²) in [6.45, 7) is 0.857. The first kappa shape index (κ1) is 16.3. The molecule has 0 fully saturated rings. The summed E-state index contributed by atoms with van der Waals surface area (Å²) in [7, 11) is 1.66. The molecule has 2 aliphatic heterocycles. The van der Waals surface area contributed by atoms with Crippen LogP contribution in [0, 0.1) is 5.82 Å². The van der Waals surface area contributed by atoms with Crippen molar-refractivity contribution in [3.63, 3.8) is 0 Å². The van der Waals surface area contributed by atoms with Gasteiger partial charge >= 0.3 is 6.03 Å². The molecule has 0 aromatic heterocycles. The van der Waals surface area contributed by atoms with E-state index in [2.05, 4.69) is 5.32 Å². The lowest BCUT2D eigenvalue weighted by atomic mass is 9.96. The highest BCUT2D eigenvalue weighted by atomic mass is 19.1. The Labute approximate surface area is 150 Å². The topological polar surface area (TPSA) is 52.7 Å². The zero-order valence-corrected chi connectivity index (χ0v) is 14.3. The highest BCUT2D eigenvalue weighted by molar-refractivity contribution is 6.01. The Morgan fingerprint density at radius 2 is 1.77 bits per heavy atom. The lowest BCUT2D eigenvalue weighted by molar-refractivity contribution is -0.126. The number of halogens is 1. The first-order chi connectivity index (χ1) is 12.5. The van der Waals surface area contributed by atoms with Crippen LogP contribution in [0.15, 0.2) is 65.9 Å². The number of hydrogen-bond donors (Lipinski definition) is 1. The van der Waals surface area contributed by atoms with E-state index in [9.17, 15) is 14.0 Å². The van der Waals surface area contributed by atoms with Gasteiger partial charge in [-0.3, -0.25) is 9.69 Å². The summed E-state index contributed by atoms with van der Waals surface area (Å²) in [6, 6.07) is 14.8. The number of rotatable bonds is 3. The van der Waals surface area contributed by atoms with E-state index in [1.807, 2.05) is 30.3 Å². The van der Waals surface area contributed by atoms with E-state index in [0.717, 1.165) is 5.56 Å². The van der Waals surface area contributed by atoms with Crippen LogP contribution in [-0.4, -0.2) is 35.3 Å². The molecule has 0 radical (unpaired) electrons. The summed E-state index contributed by atoms with van der Waals surface area (Å²) in [4.78, 5) is 28.6. The number of nitrogens with zero attached hydrogens (tertiary/aromatic N) is 2. The molecule has 4 rings (SSSR count). The Bertz CT molecular complexity index is 893. The predicted molar refractivity (Wildman–Crippen MR) is 94.3 cm³/mol. The van der Waals surface area contributed by atoms with Crippen molar-refractivity contribution < 1.29 is 14.0 Å². The molecule has 1 atom stereocenters. The lowest BCUT2D eigenvalue weighted by Crippen LogP contribution is -2.45. The van der Waals surface area contributed by atoms with Crippen LogP contribution < -0.4 is 5.32 Å². The molecule has 0 unspecified atom stereocenters. The van der Waals surface area contributed by atoms with E-state index in [0.29, 0.717) is 29.9 Å². The zero-order valence-electron chi connectivity index (χ0n) is 14.3. The van der Waals surface area contributed by atoms with Gasteiger partial charge in [0.1, 0.15) is 5.82 Å². The molecule has 1 N–H and O–H groups in total. The SMILES string of the molecule is CN1C(=O)N[C@H](c2ccc(F)cc2)C2=C1CN(Cc1ccccc1)C2=O. The Balaban J connectivity index is 1.67. The van der Waals surface area contributed by atoms with Crippen LogP contribution in [0.25, 0.3) is 0 Å². The molecular weight excluding hydrogens is 333 g/mol. The quantitative estimate of drug-likeness (QED) is 0.925. The molecule has 6 heteroatoms. The predicted octanol–water partition coefficient (Wildman–Crippen LogP) is 2.82. The molecule has 26 heavy (non-hydrogen) atoms. The molecule has 132 valence electrons. The summed E-state index contributed by atoms with van der Waals surface area (Å²) >= 11 is 0. The minimum absolute atomic E-state index is 0.106. The molecule has 2 aliphatic rings. The van der Waals surface area contributed by atoms with Gasteiger partial charge in [0.2, 0.25) is 0 Å². The molecule has 0 saturated carbocycles. The number of urea groups is 1. The zero-order chi connectivity index (χ0) is 18.3. The van der Waals surface area contributed by atoms with Crippen molar-refractivity contribution in [3.05, 3.63) is 82.8 Å². The molecule has 2 aromatic rings. The van der Waals surface area contributed by atoms with Gasteiger partial charge in [0.25, 0.3) is 5.91 Å². The molecule has 2 aromatic carbocycles.